The van der Waals surface area contributed by atoms with Gasteiger partial charge in [-0.05, 0) is 32.0 Å². The van der Waals surface area contributed by atoms with E-state index in [1.165, 1.54) is 0 Å². The number of nitrogens with zero attached hydrogens (tertiary/aromatic N) is 1. The van der Waals surface area contributed by atoms with Crippen molar-refractivity contribution in [3.05, 3.63) is 28.2 Å². The molecule has 4 nitrogen and oxygen atoms in total. The highest BCUT2D eigenvalue weighted by atomic mass is 79.9. The molecule has 1 amide bonds. The third kappa shape index (κ3) is 2.92. The Kier molecular flexibility index (Phi) is 4.16. The maximum Gasteiger partial charge on any atom is 0.258 e. The molecule has 0 spiro atoms. The van der Waals surface area contributed by atoms with Crippen LogP contribution in [0.15, 0.2) is 22.7 Å². The van der Waals surface area contributed by atoms with E-state index in [0.29, 0.717) is 31.1 Å². The summed E-state index contributed by atoms with van der Waals surface area (Å²) in [5, 5.41) is 0. The van der Waals surface area contributed by atoms with E-state index in [-0.39, 0.29) is 11.4 Å². The van der Waals surface area contributed by atoms with Crippen molar-refractivity contribution in [2.75, 3.05) is 26.9 Å². The number of carbonyl (C=O) groups is 1. The van der Waals surface area contributed by atoms with Crippen LogP contribution in [0, 0.1) is 0 Å². The molecule has 0 radical (unpaired) electrons. The smallest absolute Gasteiger partial charge is 0.258 e. The Balaban J connectivity index is 2.35. The fraction of sp³-hybridized carbons (Fsp3) is 0.500. The lowest BCUT2D eigenvalue weighted by Gasteiger charge is -2.42. The predicted molar refractivity (Wildman–Crippen MR) is 76.6 cm³/mol. The zero-order valence-corrected chi connectivity index (χ0v) is 13.0. The zero-order valence-electron chi connectivity index (χ0n) is 11.4. The fourth-order valence-electron chi connectivity index (χ4n) is 2.23. The maximum atomic E-state index is 12.7. The van der Waals surface area contributed by atoms with E-state index in [4.69, 9.17) is 9.47 Å². The molecule has 5 heteroatoms. The summed E-state index contributed by atoms with van der Waals surface area (Å²) < 4.78 is 11.6. The molecule has 1 aliphatic heterocycles. The van der Waals surface area contributed by atoms with Gasteiger partial charge in [0.15, 0.2) is 0 Å². The third-order valence-electron chi connectivity index (χ3n) is 3.28. The number of ether oxygens (including phenoxy) is 2. The Morgan fingerprint density at radius 1 is 1.47 bits per heavy atom. The lowest BCUT2D eigenvalue weighted by atomic mass is 10.0. The second kappa shape index (κ2) is 5.51. The summed E-state index contributed by atoms with van der Waals surface area (Å²) in [6.45, 7) is 5.74. The van der Waals surface area contributed by atoms with Gasteiger partial charge in [0.1, 0.15) is 5.75 Å². The van der Waals surface area contributed by atoms with Crippen molar-refractivity contribution in [3.63, 3.8) is 0 Å². The molecule has 0 aromatic heterocycles. The van der Waals surface area contributed by atoms with Gasteiger partial charge in [-0.2, -0.15) is 0 Å². The number of hydrogen-bond acceptors (Lipinski definition) is 3. The minimum atomic E-state index is -0.303. The maximum absolute atomic E-state index is 12.7. The van der Waals surface area contributed by atoms with Gasteiger partial charge < -0.3 is 14.4 Å². The number of morpholine rings is 1. The summed E-state index contributed by atoms with van der Waals surface area (Å²) in [5.41, 5.74) is 0.273. The number of methoxy groups -OCH3 is 1. The normalized spacial score (nSPS) is 18.2. The Labute approximate surface area is 121 Å². The summed E-state index contributed by atoms with van der Waals surface area (Å²) in [6, 6.07) is 5.46. The molecule has 2 rings (SSSR count). The van der Waals surface area contributed by atoms with Crippen LogP contribution in [0.1, 0.15) is 24.2 Å². The molecule has 1 aromatic rings. The molecular formula is C14H18BrNO3. The van der Waals surface area contributed by atoms with Gasteiger partial charge in [0.2, 0.25) is 0 Å². The lowest BCUT2D eigenvalue weighted by molar-refractivity contribution is -0.0371. The molecule has 0 N–H and O–H groups in total. The molecule has 19 heavy (non-hydrogen) atoms. The lowest BCUT2D eigenvalue weighted by Crippen LogP contribution is -2.55. The van der Waals surface area contributed by atoms with Gasteiger partial charge in [0.25, 0.3) is 5.91 Å². The van der Waals surface area contributed by atoms with E-state index >= 15 is 0 Å². The highest BCUT2D eigenvalue weighted by Gasteiger charge is 2.35. The third-order valence-corrected chi connectivity index (χ3v) is 3.78. The molecule has 0 unspecified atom stereocenters. The average Bonchev–Trinajstić information content (AvgIpc) is 2.37. The first-order chi connectivity index (χ1) is 8.95. The standard InChI is InChI=1S/C14H18BrNO3/c1-14(2)9-19-7-6-16(14)13(17)11-8-10(15)4-5-12(11)18-3/h4-5,8H,6-7,9H2,1-3H3. The van der Waals surface area contributed by atoms with Crippen molar-refractivity contribution < 1.29 is 14.3 Å². The summed E-state index contributed by atoms with van der Waals surface area (Å²) in [4.78, 5) is 14.6. The molecule has 1 aliphatic rings. The van der Waals surface area contributed by atoms with Crippen LogP contribution in [0.3, 0.4) is 0 Å². The minimum absolute atomic E-state index is 0.0218. The topological polar surface area (TPSA) is 38.8 Å². The Morgan fingerprint density at radius 3 is 2.84 bits per heavy atom. The fourth-order valence-corrected chi connectivity index (χ4v) is 2.59. The highest BCUT2D eigenvalue weighted by Crippen LogP contribution is 2.28. The molecule has 1 aromatic carbocycles. The molecule has 0 saturated carbocycles. The first-order valence-corrected chi connectivity index (χ1v) is 6.98. The Bertz CT molecular complexity index is 488. The number of carbonyl (C=O) groups excluding carboxylic acids is 1. The Morgan fingerprint density at radius 2 is 2.21 bits per heavy atom. The van der Waals surface area contributed by atoms with Gasteiger partial charge in [-0.1, -0.05) is 15.9 Å². The largest absolute Gasteiger partial charge is 0.496 e. The number of halogens is 1. The number of hydrogen-bond donors (Lipinski definition) is 0. The quantitative estimate of drug-likeness (QED) is 0.838. The second-order valence-corrected chi connectivity index (χ2v) is 6.08. The van der Waals surface area contributed by atoms with Crippen molar-refractivity contribution >= 4 is 21.8 Å². The molecular weight excluding hydrogens is 310 g/mol. The van der Waals surface area contributed by atoms with Crippen molar-refractivity contribution in [1.82, 2.24) is 4.90 Å². The summed E-state index contributed by atoms with van der Waals surface area (Å²) in [5.74, 6) is 0.571. The Hall–Kier alpha value is -1.07. The van der Waals surface area contributed by atoms with Gasteiger partial charge in [0.05, 0.1) is 31.4 Å². The van der Waals surface area contributed by atoms with Crippen LogP contribution in [-0.4, -0.2) is 43.2 Å². The summed E-state index contributed by atoms with van der Waals surface area (Å²) in [6.07, 6.45) is 0. The van der Waals surface area contributed by atoms with Gasteiger partial charge in [0, 0.05) is 11.0 Å². The summed E-state index contributed by atoms with van der Waals surface area (Å²) >= 11 is 3.40. The molecule has 1 saturated heterocycles. The van der Waals surface area contributed by atoms with Crippen molar-refractivity contribution in [2.45, 2.75) is 19.4 Å². The van der Waals surface area contributed by atoms with Crippen LogP contribution < -0.4 is 4.74 Å². The SMILES string of the molecule is COc1ccc(Br)cc1C(=O)N1CCOCC1(C)C. The van der Waals surface area contributed by atoms with E-state index < -0.39 is 0 Å². The number of amides is 1. The molecule has 104 valence electrons. The second-order valence-electron chi connectivity index (χ2n) is 5.17. The van der Waals surface area contributed by atoms with Gasteiger partial charge in [-0.3, -0.25) is 4.79 Å². The molecule has 0 bridgehead atoms. The first kappa shape index (κ1) is 14.3. The minimum Gasteiger partial charge on any atom is -0.496 e. The van der Waals surface area contributed by atoms with Gasteiger partial charge in [-0.25, -0.2) is 0 Å². The van der Waals surface area contributed by atoms with Crippen molar-refractivity contribution in [3.8, 4) is 5.75 Å². The number of benzene rings is 1. The van der Waals surface area contributed by atoms with Crippen LogP contribution in [0.5, 0.6) is 5.75 Å². The predicted octanol–water partition coefficient (Wildman–Crippen LogP) is 2.71. The number of rotatable bonds is 2. The summed E-state index contributed by atoms with van der Waals surface area (Å²) in [7, 11) is 1.57. The highest BCUT2D eigenvalue weighted by molar-refractivity contribution is 9.10. The first-order valence-electron chi connectivity index (χ1n) is 6.19. The molecule has 0 atom stereocenters. The van der Waals surface area contributed by atoms with Crippen LogP contribution >= 0.6 is 15.9 Å². The van der Waals surface area contributed by atoms with E-state index in [9.17, 15) is 4.79 Å². The van der Waals surface area contributed by atoms with Crippen molar-refractivity contribution in [1.29, 1.82) is 0 Å². The zero-order chi connectivity index (χ0) is 14.0. The molecule has 1 fully saturated rings. The van der Waals surface area contributed by atoms with E-state index in [1.54, 1.807) is 19.2 Å². The van der Waals surface area contributed by atoms with Gasteiger partial charge >= 0.3 is 0 Å². The van der Waals surface area contributed by atoms with Gasteiger partial charge in [-0.15, -0.1) is 0 Å². The molecule has 0 aliphatic carbocycles. The van der Waals surface area contributed by atoms with Crippen LogP contribution in [-0.2, 0) is 4.74 Å². The van der Waals surface area contributed by atoms with E-state index in [1.807, 2.05) is 24.8 Å². The van der Waals surface area contributed by atoms with Crippen LogP contribution in [0.2, 0.25) is 0 Å². The van der Waals surface area contributed by atoms with Crippen molar-refractivity contribution in [2.24, 2.45) is 0 Å². The molecule has 1 heterocycles. The monoisotopic (exact) mass is 327 g/mol. The van der Waals surface area contributed by atoms with Crippen LogP contribution in [0.4, 0.5) is 0 Å². The van der Waals surface area contributed by atoms with E-state index in [2.05, 4.69) is 15.9 Å². The average molecular weight is 328 g/mol. The van der Waals surface area contributed by atoms with Crippen LogP contribution in [0.25, 0.3) is 0 Å². The van der Waals surface area contributed by atoms with E-state index in [0.717, 1.165) is 4.47 Å².